The highest BCUT2D eigenvalue weighted by atomic mass is 32.2. The fraction of sp³-hybridized carbons (Fsp3) is 1.00. The fourth-order valence-electron chi connectivity index (χ4n) is 7.20. The Hall–Kier alpha value is 0.460. The zero-order valence-electron chi connectivity index (χ0n) is 15.8. The molecule has 8 heteroatoms. The molecular weight excluding hydrogens is 388 g/mol. The van der Waals surface area contributed by atoms with Gasteiger partial charge in [0.15, 0.2) is 0 Å². The van der Waals surface area contributed by atoms with Crippen molar-refractivity contribution in [3.63, 3.8) is 0 Å². The highest BCUT2D eigenvalue weighted by molar-refractivity contribution is 8.01. The van der Waals surface area contributed by atoms with Crippen LogP contribution in [0.5, 0.6) is 0 Å². The average molecular weight is 419 g/mol. The number of hydrogen-bond donors (Lipinski definition) is 4. The molecule has 0 radical (unpaired) electrons. The fourth-order valence-corrected chi connectivity index (χ4v) is 10.3. The van der Waals surface area contributed by atoms with Crippen LogP contribution in [0, 0.1) is 17.3 Å². The summed E-state index contributed by atoms with van der Waals surface area (Å²) in [6.45, 7) is 4.77. The average Bonchev–Trinajstić information content (AvgIpc) is 3.19. The van der Waals surface area contributed by atoms with E-state index in [1.807, 2.05) is 6.92 Å². The molecule has 27 heavy (non-hydrogen) atoms. The summed E-state index contributed by atoms with van der Waals surface area (Å²) in [5, 5.41) is 41.0. The lowest BCUT2D eigenvalue weighted by Gasteiger charge is -2.68. The van der Waals surface area contributed by atoms with Crippen molar-refractivity contribution in [1.82, 2.24) is 0 Å². The van der Waals surface area contributed by atoms with Crippen molar-refractivity contribution >= 4 is 23.5 Å². The van der Waals surface area contributed by atoms with Crippen molar-refractivity contribution < 1.29 is 29.9 Å². The summed E-state index contributed by atoms with van der Waals surface area (Å²) in [6.07, 6.45) is 0.0129. The molecule has 2 saturated heterocycles. The zero-order valence-corrected chi connectivity index (χ0v) is 17.5. The van der Waals surface area contributed by atoms with Gasteiger partial charge in [-0.2, -0.15) is 11.8 Å². The normalized spacial score (nSPS) is 60.2. The minimum atomic E-state index is -0.876. The Morgan fingerprint density at radius 1 is 1.11 bits per heavy atom. The molecule has 10 atom stereocenters. The summed E-state index contributed by atoms with van der Waals surface area (Å²) in [4.78, 5) is 0. The van der Waals surface area contributed by atoms with E-state index in [9.17, 15) is 20.4 Å². The van der Waals surface area contributed by atoms with Gasteiger partial charge < -0.3 is 29.9 Å². The van der Waals surface area contributed by atoms with Crippen LogP contribution in [0.1, 0.15) is 26.7 Å². The number of hydrogen-bond acceptors (Lipinski definition) is 8. The van der Waals surface area contributed by atoms with Gasteiger partial charge in [-0.25, -0.2) is 0 Å². The highest BCUT2D eigenvalue weighted by Crippen LogP contribution is 2.88. The quantitative estimate of drug-likeness (QED) is 0.487. The molecule has 6 nitrogen and oxygen atoms in total. The van der Waals surface area contributed by atoms with Crippen LogP contribution < -0.4 is 0 Å². The van der Waals surface area contributed by atoms with Gasteiger partial charge in [-0.05, 0) is 25.7 Å². The molecule has 0 aromatic carbocycles. The van der Waals surface area contributed by atoms with Crippen molar-refractivity contribution in [2.45, 2.75) is 66.2 Å². The third kappa shape index (κ3) is 1.93. The molecule has 5 fully saturated rings. The molecule has 0 aromatic heterocycles. The molecule has 0 bridgehead atoms. The molecule has 4 unspecified atom stereocenters. The molecule has 3 saturated carbocycles. The lowest BCUT2D eigenvalue weighted by molar-refractivity contribution is -0.379. The minimum Gasteiger partial charge on any atom is -0.396 e. The number of thioether (sulfide) groups is 2. The van der Waals surface area contributed by atoms with Crippen LogP contribution in [0.3, 0.4) is 0 Å². The van der Waals surface area contributed by atoms with E-state index in [1.54, 1.807) is 23.5 Å². The summed E-state index contributed by atoms with van der Waals surface area (Å²) >= 11 is 3.41. The predicted octanol–water partition coefficient (Wildman–Crippen LogP) is 0.253. The minimum absolute atomic E-state index is 0.0100. The summed E-state index contributed by atoms with van der Waals surface area (Å²) < 4.78 is 13.0. The van der Waals surface area contributed by atoms with E-state index in [0.29, 0.717) is 18.1 Å². The third-order valence-electron chi connectivity index (χ3n) is 8.21. The van der Waals surface area contributed by atoms with E-state index in [0.717, 1.165) is 12.8 Å². The van der Waals surface area contributed by atoms with E-state index in [2.05, 4.69) is 6.92 Å². The van der Waals surface area contributed by atoms with Gasteiger partial charge in [-0.3, -0.25) is 0 Å². The van der Waals surface area contributed by atoms with Crippen LogP contribution in [0.2, 0.25) is 0 Å². The Morgan fingerprint density at radius 2 is 1.85 bits per heavy atom. The van der Waals surface area contributed by atoms with Crippen LogP contribution in [-0.4, -0.2) is 91.3 Å². The first-order chi connectivity index (χ1) is 12.9. The van der Waals surface area contributed by atoms with Crippen LogP contribution >= 0.6 is 23.5 Å². The molecule has 2 aliphatic heterocycles. The molecule has 5 aliphatic rings. The van der Waals surface area contributed by atoms with Gasteiger partial charge in [0.1, 0.15) is 5.60 Å². The van der Waals surface area contributed by atoms with Crippen LogP contribution in [0.25, 0.3) is 0 Å². The van der Waals surface area contributed by atoms with Gasteiger partial charge >= 0.3 is 0 Å². The lowest BCUT2D eigenvalue weighted by atomic mass is 9.54. The van der Waals surface area contributed by atoms with Gasteiger partial charge in [0.25, 0.3) is 0 Å². The number of aliphatic hydroxyl groups is 4. The second-order valence-electron chi connectivity index (χ2n) is 9.16. The number of aliphatic hydroxyl groups excluding tert-OH is 4. The smallest absolute Gasteiger partial charge is 0.103 e. The van der Waals surface area contributed by atoms with E-state index in [-0.39, 0.29) is 46.8 Å². The lowest BCUT2D eigenvalue weighted by Crippen LogP contribution is -2.81. The summed E-state index contributed by atoms with van der Waals surface area (Å²) in [5.74, 6) is 1.31. The van der Waals surface area contributed by atoms with Crippen LogP contribution in [-0.2, 0) is 9.47 Å². The molecule has 4 N–H and O–H groups in total. The van der Waals surface area contributed by atoms with Crippen molar-refractivity contribution in [3.8, 4) is 0 Å². The van der Waals surface area contributed by atoms with Gasteiger partial charge in [0, 0.05) is 22.7 Å². The largest absolute Gasteiger partial charge is 0.396 e. The zero-order chi connectivity index (χ0) is 19.2. The Labute approximate surface area is 168 Å². The van der Waals surface area contributed by atoms with Gasteiger partial charge in [0.05, 0.1) is 53.9 Å². The summed E-state index contributed by atoms with van der Waals surface area (Å²) in [6, 6.07) is 0. The maximum atomic E-state index is 11.3. The van der Waals surface area contributed by atoms with Crippen molar-refractivity contribution in [2.24, 2.45) is 17.3 Å². The number of ether oxygens (including phenoxy) is 2. The van der Waals surface area contributed by atoms with Crippen molar-refractivity contribution in [2.75, 3.05) is 31.3 Å². The second kappa shape index (κ2) is 6.00. The highest BCUT2D eigenvalue weighted by Gasteiger charge is 2.99. The first-order valence-electron chi connectivity index (χ1n) is 10.0. The molecule has 0 aromatic rings. The monoisotopic (exact) mass is 418 g/mol. The third-order valence-corrected chi connectivity index (χ3v) is 11.3. The van der Waals surface area contributed by atoms with Crippen LogP contribution in [0.4, 0.5) is 0 Å². The molecule has 5 rings (SSSR count). The summed E-state index contributed by atoms with van der Waals surface area (Å²) in [5.41, 5.74) is -1.36. The molecule has 2 spiro atoms. The van der Waals surface area contributed by atoms with Gasteiger partial charge in [-0.1, -0.05) is 6.92 Å². The van der Waals surface area contributed by atoms with Crippen molar-refractivity contribution in [1.29, 1.82) is 0 Å². The Morgan fingerprint density at radius 3 is 2.48 bits per heavy atom. The van der Waals surface area contributed by atoms with E-state index >= 15 is 0 Å². The molecule has 154 valence electrons. The molecule has 3 aliphatic carbocycles. The standard InChI is InChI=1S/C19H30O6S2/c1-10-11(22)13(23)17-9-24-19(17)15-16(2,3-4-18(15,19)27-8-6-21)25-14(17)12(10)26-7-5-20/h10-15,20-23H,3-9H2,1-2H3/t10?,11?,12?,13-,14-,15+,16-,17+,18?,19-/m1/s1. The molecule has 2 heterocycles. The maximum Gasteiger partial charge on any atom is 0.103 e. The van der Waals surface area contributed by atoms with E-state index in [1.165, 1.54) is 0 Å². The SMILES string of the molecule is CC1C(O)[C@@H](O)[C@]23CO[C@]24[C@@H]2C4(SCCO)CC[C@@]2(C)O[C@@H]3C1SCCO. The Bertz CT molecular complexity index is 637. The topological polar surface area (TPSA) is 99.4 Å². The predicted molar refractivity (Wildman–Crippen MR) is 104 cm³/mol. The first kappa shape index (κ1) is 19.4. The number of rotatable bonds is 6. The van der Waals surface area contributed by atoms with Gasteiger partial charge in [-0.15, -0.1) is 11.8 Å². The molecular formula is C19H30O6S2. The van der Waals surface area contributed by atoms with Gasteiger partial charge in [0.2, 0.25) is 0 Å². The Balaban J connectivity index is 1.58. The second-order valence-corrected chi connectivity index (χ2v) is 11.9. The maximum absolute atomic E-state index is 11.3. The van der Waals surface area contributed by atoms with E-state index in [4.69, 9.17) is 9.47 Å². The van der Waals surface area contributed by atoms with Crippen LogP contribution in [0.15, 0.2) is 0 Å². The summed E-state index contributed by atoms with van der Waals surface area (Å²) in [7, 11) is 0. The van der Waals surface area contributed by atoms with E-state index < -0.39 is 23.2 Å². The van der Waals surface area contributed by atoms with Crippen molar-refractivity contribution in [3.05, 3.63) is 0 Å². The Kier molecular flexibility index (Phi) is 4.32. The molecule has 0 amide bonds. The first-order valence-corrected chi connectivity index (χ1v) is 12.0.